The first-order chi connectivity index (χ1) is 8.72. The van der Waals surface area contributed by atoms with Crippen molar-refractivity contribution in [2.24, 2.45) is 5.10 Å². The molecule has 94 valence electrons. The molecule has 1 saturated heterocycles. The molecule has 0 aromatic heterocycles. The topological polar surface area (TPSA) is 68.2 Å². The number of methoxy groups -OCH3 is 1. The zero-order valence-electron chi connectivity index (χ0n) is 9.83. The number of benzene rings is 1. The van der Waals surface area contributed by atoms with Gasteiger partial charge >= 0.3 is 12.1 Å². The van der Waals surface area contributed by atoms with Crippen LogP contribution in [-0.2, 0) is 14.3 Å². The van der Waals surface area contributed by atoms with Gasteiger partial charge in [-0.25, -0.2) is 9.59 Å². The summed E-state index contributed by atoms with van der Waals surface area (Å²) in [5, 5.41) is 5.11. The summed E-state index contributed by atoms with van der Waals surface area (Å²) in [6.45, 7) is 0.595. The highest BCUT2D eigenvalue weighted by Gasteiger charge is 2.24. The molecule has 0 saturated carbocycles. The third kappa shape index (κ3) is 2.48. The number of ether oxygens (including phenoxy) is 2. The molecular weight excluding hydrogens is 236 g/mol. The van der Waals surface area contributed by atoms with E-state index in [1.165, 1.54) is 7.11 Å². The molecule has 0 N–H and O–H groups in total. The lowest BCUT2D eigenvalue weighted by atomic mass is 10.1. The minimum Gasteiger partial charge on any atom is -0.464 e. The maximum absolute atomic E-state index is 11.7. The molecule has 0 atom stereocenters. The number of carbonyl (C=O) groups is 2. The van der Waals surface area contributed by atoms with Crippen molar-refractivity contribution < 1.29 is 19.1 Å². The summed E-state index contributed by atoms with van der Waals surface area (Å²) in [6.07, 6.45) is -0.563. The van der Waals surface area contributed by atoms with Gasteiger partial charge in [-0.05, 0) is 0 Å². The highest BCUT2D eigenvalue weighted by molar-refractivity contribution is 6.43. The Kier molecular flexibility index (Phi) is 3.57. The molecule has 1 aromatic carbocycles. The van der Waals surface area contributed by atoms with Crippen molar-refractivity contribution in [2.45, 2.75) is 0 Å². The van der Waals surface area contributed by atoms with Gasteiger partial charge in [-0.2, -0.15) is 10.1 Å². The van der Waals surface area contributed by atoms with Crippen LogP contribution in [0.25, 0.3) is 0 Å². The molecule has 0 bridgehead atoms. The minimum absolute atomic E-state index is 0.0805. The first kappa shape index (κ1) is 12.1. The molecule has 1 aliphatic heterocycles. The van der Waals surface area contributed by atoms with E-state index >= 15 is 0 Å². The molecule has 2 rings (SSSR count). The van der Waals surface area contributed by atoms with E-state index in [4.69, 9.17) is 4.74 Å². The molecule has 1 amide bonds. The van der Waals surface area contributed by atoms with Gasteiger partial charge in [0.25, 0.3) is 0 Å². The minimum atomic E-state index is -0.596. The Morgan fingerprint density at radius 3 is 2.67 bits per heavy atom. The first-order valence-corrected chi connectivity index (χ1v) is 5.39. The van der Waals surface area contributed by atoms with E-state index < -0.39 is 12.1 Å². The Hall–Kier alpha value is -2.37. The summed E-state index contributed by atoms with van der Waals surface area (Å²) in [5.41, 5.74) is 0.668. The molecule has 18 heavy (non-hydrogen) atoms. The second kappa shape index (κ2) is 5.31. The molecule has 1 heterocycles. The van der Waals surface area contributed by atoms with Gasteiger partial charge in [0, 0.05) is 5.56 Å². The predicted octanol–water partition coefficient (Wildman–Crippen LogP) is 1.02. The van der Waals surface area contributed by atoms with Crippen molar-refractivity contribution >= 4 is 17.8 Å². The molecule has 6 heteroatoms. The average molecular weight is 248 g/mol. The molecule has 1 aromatic rings. The lowest BCUT2D eigenvalue weighted by molar-refractivity contribution is -0.132. The largest absolute Gasteiger partial charge is 0.464 e. The van der Waals surface area contributed by atoms with Crippen molar-refractivity contribution in [3.63, 3.8) is 0 Å². The van der Waals surface area contributed by atoms with Crippen LogP contribution in [-0.4, -0.2) is 43.0 Å². The SMILES string of the molecule is COC(=O)/C(=N\N1CCOC1=O)c1ccccc1. The molecule has 0 aliphatic carbocycles. The molecule has 6 nitrogen and oxygen atoms in total. The van der Waals surface area contributed by atoms with Crippen molar-refractivity contribution in [3.05, 3.63) is 35.9 Å². The Labute approximate surface area is 104 Å². The Morgan fingerprint density at radius 2 is 2.11 bits per heavy atom. The van der Waals surface area contributed by atoms with Gasteiger partial charge in [-0.1, -0.05) is 30.3 Å². The van der Waals surface area contributed by atoms with Gasteiger partial charge < -0.3 is 9.47 Å². The summed E-state index contributed by atoms with van der Waals surface area (Å²) >= 11 is 0. The number of hydrogen-bond acceptors (Lipinski definition) is 5. The van der Waals surface area contributed by atoms with Gasteiger partial charge in [-0.3, -0.25) is 0 Å². The average Bonchev–Trinajstić information content (AvgIpc) is 2.81. The van der Waals surface area contributed by atoms with Crippen molar-refractivity contribution in [1.29, 1.82) is 0 Å². The van der Waals surface area contributed by atoms with E-state index in [1.807, 2.05) is 6.07 Å². The third-order valence-corrected chi connectivity index (χ3v) is 2.39. The Balaban J connectivity index is 2.34. The lowest BCUT2D eigenvalue weighted by Crippen LogP contribution is -2.25. The lowest BCUT2D eigenvalue weighted by Gasteiger charge is -2.09. The second-order valence-electron chi connectivity index (χ2n) is 3.54. The van der Waals surface area contributed by atoms with Crippen LogP contribution in [0.1, 0.15) is 5.56 Å². The number of hydrogen-bond donors (Lipinski definition) is 0. The number of hydrazone groups is 1. The van der Waals surface area contributed by atoms with E-state index in [-0.39, 0.29) is 12.3 Å². The molecule has 0 unspecified atom stereocenters. The van der Waals surface area contributed by atoms with Crippen molar-refractivity contribution in [3.8, 4) is 0 Å². The van der Waals surface area contributed by atoms with E-state index in [0.717, 1.165) is 5.01 Å². The van der Waals surface area contributed by atoms with Gasteiger partial charge in [0.15, 0.2) is 5.71 Å². The zero-order valence-corrected chi connectivity index (χ0v) is 9.83. The quantitative estimate of drug-likeness (QED) is 0.591. The molecular formula is C12H12N2O4. The highest BCUT2D eigenvalue weighted by Crippen LogP contribution is 2.09. The third-order valence-electron chi connectivity index (χ3n) is 2.39. The van der Waals surface area contributed by atoms with Gasteiger partial charge in [0.1, 0.15) is 6.61 Å². The van der Waals surface area contributed by atoms with Gasteiger partial charge in [0.05, 0.1) is 13.7 Å². The molecule has 0 radical (unpaired) electrons. The van der Waals surface area contributed by atoms with E-state index in [2.05, 4.69) is 9.84 Å². The van der Waals surface area contributed by atoms with Crippen LogP contribution < -0.4 is 0 Å². The fourth-order valence-electron chi connectivity index (χ4n) is 1.51. The smallest absolute Gasteiger partial charge is 0.430 e. The van der Waals surface area contributed by atoms with E-state index in [0.29, 0.717) is 12.1 Å². The Morgan fingerprint density at radius 1 is 1.39 bits per heavy atom. The summed E-state index contributed by atoms with van der Waals surface area (Å²) in [6, 6.07) is 8.81. The maximum Gasteiger partial charge on any atom is 0.430 e. The molecule has 0 spiro atoms. The number of amides is 1. The Bertz CT molecular complexity index is 484. The maximum atomic E-state index is 11.7. The first-order valence-electron chi connectivity index (χ1n) is 5.39. The fourth-order valence-corrected chi connectivity index (χ4v) is 1.51. The van der Waals surface area contributed by atoms with Crippen LogP contribution in [0.5, 0.6) is 0 Å². The summed E-state index contributed by atoms with van der Waals surface area (Å²) in [7, 11) is 1.27. The monoisotopic (exact) mass is 248 g/mol. The van der Waals surface area contributed by atoms with Crippen LogP contribution >= 0.6 is 0 Å². The van der Waals surface area contributed by atoms with Crippen molar-refractivity contribution in [1.82, 2.24) is 5.01 Å². The highest BCUT2D eigenvalue weighted by atomic mass is 16.6. The number of esters is 1. The number of cyclic esters (lactones) is 1. The summed E-state index contributed by atoms with van der Waals surface area (Å²) in [4.78, 5) is 23.0. The van der Waals surface area contributed by atoms with Crippen LogP contribution in [0.15, 0.2) is 35.4 Å². The molecule has 1 aliphatic rings. The number of nitrogens with zero attached hydrogens (tertiary/aromatic N) is 2. The standard InChI is InChI=1S/C12H12N2O4/c1-17-11(15)10(9-5-3-2-4-6-9)13-14-7-8-18-12(14)16/h2-6H,7-8H2,1H3/b13-10-. The molecule has 1 fully saturated rings. The van der Waals surface area contributed by atoms with E-state index in [9.17, 15) is 9.59 Å². The van der Waals surface area contributed by atoms with Gasteiger partial charge in [-0.15, -0.1) is 0 Å². The fraction of sp³-hybridized carbons (Fsp3) is 0.250. The second-order valence-corrected chi connectivity index (χ2v) is 3.54. The van der Waals surface area contributed by atoms with Crippen LogP contribution in [0.3, 0.4) is 0 Å². The van der Waals surface area contributed by atoms with Crippen LogP contribution in [0.4, 0.5) is 4.79 Å². The van der Waals surface area contributed by atoms with Gasteiger partial charge in [0.2, 0.25) is 0 Å². The zero-order chi connectivity index (χ0) is 13.0. The van der Waals surface area contributed by atoms with Crippen molar-refractivity contribution in [2.75, 3.05) is 20.3 Å². The predicted molar refractivity (Wildman–Crippen MR) is 63.0 cm³/mol. The summed E-state index contributed by atoms with van der Waals surface area (Å²) < 4.78 is 9.41. The number of carbonyl (C=O) groups excluding carboxylic acids is 2. The van der Waals surface area contributed by atoms with E-state index in [1.54, 1.807) is 24.3 Å². The normalized spacial score (nSPS) is 15.5. The van der Waals surface area contributed by atoms with Crippen LogP contribution in [0.2, 0.25) is 0 Å². The summed E-state index contributed by atoms with van der Waals surface area (Å²) in [5.74, 6) is -0.596. The number of rotatable bonds is 3. The van der Waals surface area contributed by atoms with Crippen LogP contribution in [0, 0.1) is 0 Å².